The van der Waals surface area contributed by atoms with E-state index in [4.69, 9.17) is 11.6 Å². The van der Waals surface area contributed by atoms with Crippen molar-refractivity contribution in [2.24, 2.45) is 0 Å². The minimum atomic E-state index is 0.756. The maximum atomic E-state index is 5.87. The van der Waals surface area contributed by atoms with E-state index in [0.29, 0.717) is 0 Å². The molecule has 92 valence electrons. The topological polar surface area (TPSA) is 12.9 Å². The average Bonchev–Trinajstić information content (AvgIpc) is 2.47. The van der Waals surface area contributed by atoms with E-state index in [2.05, 4.69) is 23.2 Å². The lowest BCUT2D eigenvalue weighted by Gasteiger charge is -2.01. The van der Waals surface area contributed by atoms with Crippen molar-refractivity contribution in [3.8, 4) is 0 Å². The van der Waals surface area contributed by atoms with Crippen molar-refractivity contribution in [2.45, 2.75) is 0 Å². The van der Waals surface area contributed by atoms with Crippen LogP contribution in [0.25, 0.3) is 23.1 Å². The molecule has 0 saturated carbocycles. The summed E-state index contributed by atoms with van der Waals surface area (Å²) < 4.78 is 0. The van der Waals surface area contributed by atoms with Gasteiger partial charge in [0.2, 0.25) is 0 Å². The van der Waals surface area contributed by atoms with Crippen molar-refractivity contribution in [2.75, 3.05) is 0 Å². The van der Waals surface area contributed by atoms with E-state index in [-0.39, 0.29) is 0 Å². The highest BCUT2D eigenvalue weighted by molar-refractivity contribution is 6.30. The van der Waals surface area contributed by atoms with Crippen LogP contribution in [0.3, 0.4) is 0 Å². The zero-order valence-electron chi connectivity index (χ0n) is 10.3. The summed E-state index contributed by atoms with van der Waals surface area (Å²) in [5.41, 5.74) is 3.31. The zero-order valence-corrected chi connectivity index (χ0v) is 11.0. The summed E-state index contributed by atoms with van der Waals surface area (Å²) in [6.45, 7) is 0. The van der Waals surface area contributed by atoms with Gasteiger partial charge in [0, 0.05) is 16.6 Å². The van der Waals surface area contributed by atoms with E-state index in [0.717, 1.165) is 21.5 Å². The fourth-order valence-electron chi connectivity index (χ4n) is 2.02. The first-order valence-electron chi connectivity index (χ1n) is 6.10. The Labute approximate surface area is 117 Å². The van der Waals surface area contributed by atoms with Crippen LogP contribution in [0.15, 0.2) is 60.8 Å². The lowest BCUT2D eigenvalue weighted by Crippen LogP contribution is -1.81. The van der Waals surface area contributed by atoms with Crippen LogP contribution in [0.2, 0.25) is 5.02 Å². The number of para-hydroxylation sites is 1. The van der Waals surface area contributed by atoms with Gasteiger partial charge in [0.05, 0.1) is 5.52 Å². The highest BCUT2D eigenvalue weighted by Gasteiger charge is 1.97. The third-order valence-electron chi connectivity index (χ3n) is 3.01. The number of nitrogens with zero attached hydrogens (tertiary/aromatic N) is 1. The molecule has 0 fully saturated rings. The molecule has 0 unspecified atom stereocenters. The van der Waals surface area contributed by atoms with Gasteiger partial charge in [-0.25, -0.2) is 0 Å². The predicted molar refractivity (Wildman–Crippen MR) is 82.1 cm³/mol. The molecule has 0 amide bonds. The van der Waals surface area contributed by atoms with Gasteiger partial charge in [-0.05, 0) is 35.4 Å². The second-order valence-corrected chi connectivity index (χ2v) is 4.74. The average molecular weight is 266 g/mol. The van der Waals surface area contributed by atoms with E-state index < -0.39 is 0 Å². The smallest absolute Gasteiger partial charge is 0.0707 e. The summed E-state index contributed by atoms with van der Waals surface area (Å²) in [6.07, 6.45) is 6.02. The SMILES string of the molecule is Clc1ccc(C=Cc2ccnc3ccccc23)cc1. The van der Waals surface area contributed by atoms with Crippen molar-refractivity contribution in [3.63, 3.8) is 0 Å². The van der Waals surface area contributed by atoms with Gasteiger partial charge in [0.1, 0.15) is 0 Å². The Bertz CT molecular complexity index is 724. The lowest BCUT2D eigenvalue weighted by molar-refractivity contribution is 1.41. The number of halogens is 1. The van der Waals surface area contributed by atoms with E-state index in [9.17, 15) is 0 Å². The molecule has 2 aromatic carbocycles. The maximum absolute atomic E-state index is 5.87. The van der Waals surface area contributed by atoms with Gasteiger partial charge in [-0.2, -0.15) is 0 Å². The highest BCUT2D eigenvalue weighted by atomic mass is 35.5. The maximum Gasteiger partial charge on any atom is 0.0707 e. The van der Waals surface area contributed by atoms with Crippen molar-refractivity contribution < 1.29 is 0 Å². The van der Waals surface area contributed by atoms with Gasteiger partial charge in [0.15, 0.2) is 0 Å². The van der Waals surface area contributed by atoms with Crippen LogP contribution in [0.5, 0.6) is 0 Å². The first-order valence-corrected chi connectivity index (χ1v) is 6.48. The van der Waals surface area contributed by atoms with Crippen LogP contribution >= 0.6 is 11.6 Å². The van der Waals surface area contributed by atoms with Gasteiger partial charge in [0.25, 0.3) is 0 Å². The van der Waals surface area contributed by atoms with Crippen LogP contribution in [0.1, 0.15) is 11.1 Å². The number of aromatic nitrogens is 1. The van der Waals surface area contributed by atoms with Crippen LogP contribution in [-0.2, 0) is 0 Å². The quantitative estimate of drug-likeness (QED) is 0.631. The highest BCUT2D eigenvalue weighted by Crippen LogP contribution is 2.19. The molecule has 3 aromatic rings. The second kappa shape index (κ2) is 5.25. The monoisotopic (exact) mass is 265 g/mol. The Morgan fingerprint density at radius 2 is 1.63 bits per heavy atom. The summed E-state index contributed by atoms with van der Waals surface area (Å²) in [5.74, 6) is 0. The van der Waals surface area contributed by atoms with Crippen LogP contribution in [0, 0.1) is 0 Å². The Morgan fingerprint density at radius 3 is 2.47 bits per heavy atom. The molecule has 0 atom stereocenters. The second-order valence-electron chi connectivity index (χ2n) is 4.30. The molecule has 0 aliphatic carbocycles. The van der Waals surface area contributed by atoms with Crippen LogP contribution < -0.4 is 0 Å². The Kier molecular flexibility index (Phi) is 3.30. The number of hydrogen-bond donors (Lipinski definition) is 0. The number of rotatable bonds is 2. The normalized spacial score (nSPS) is 11.2. The number of fused-ring (bicyclic) bond motifs is 1. The molecule has 1 nitrogen and oxygen atoms in total. The molecule has 0 saturated heterocycles. The van der Waals surface area contributed by atoms with Crippen molar-refractivity contribution >= 4 is 34.7 Å². The van der Waals surface area contributed by atoms with E-state index in [1.54, 1.807) is 0 Å². The number of pyridine rings is 1. The van der Waals surface area contributed by atoms with Crippen molar-refractivity contribution in [1.82, 2.24) is 4.98 Å². The molecular formula is C17H12ClN. The third kappa shape index (κ3) is 2.67. The zero-order chi connectivity index (χ0) is 13.1. The van der Waals surface area contributed by atoms with Gasteiger partial charge in [-0.3, -0.25) is 4.98 Å². The standard InChI is InChI=1S/C17H12ClN/c18-15-9-6-13(7-10-15)5-8-14-11-12-19-17-4-2-1-3-16(14)17/h1-12H. The molecule has 0 N–H and O–H groups in total. The summed E-state index contributed by atoms with van der Waals surface area (Å²) >= 11 is 5.87. The molecule has 1 heterocycles. The Balaban J connectivity index is 1.99. The van der Waals surface area contributed by atoms with Crippen molar-refractivity contribution in [3.05, 3.63) is 76.9 Å². The third-order valence-corrected chi connectivity index (χ3v) is 3.26. The molecule has 2 heteroatoms. The lowest BCUT2D eigenvalue weighted by atomic mass is 10.1. The van der Waals surface area contributed by atoms with E-state index in [1.807, 2.05) is 54.7 Å². The minimum Gasteiger partial charge on any atom is -0.256 e. The Hall–Kier alpha value is -2.12. The molecule has 0 spiro atoms. The molecule has 3 rings (SSSR count). The summed E-state index contributed by atoms with van der Waals surface area (Å²) in [4.78, 5) is 4.36. The van der Waals surface area contributed by atoms with Crippen LogP contribution in [-0.4, -0.2) is 4.98 Å². The largest absolute Gasteiger partial charge is 0.256 e. The van der Waals surface area contributed by atoms with E-state index >= 15 is 0 Å². The van der Waals surface area contributed by atoms with E-state index in [1.165, 1.54) is 5.56 Å². The Morgan fingerprint density at radius 1 is 0.842 bits per heavy atom. The van der Waals surface area contributed by atoms with Gasteiger partial charge in [-0.1, -0.05) is 54.1 Å². The fourth-order valence-corrected chi connectivity index (χ4v) is 2.15. The molecule has 19 heavy (non-hydrogen) atoms. The molecule has 0 aliphatic rings. The van der Waals surface area contributed by atoms with Crippen molar-refractivity contribution in [1.29, 1.82) is 0 Å². The first kappa shape index (κ1) is 11.9. The summed E-state index contributed by atoms with van der Waals surface area (Å²) in [7, 11) is 0. The predicted octanol–water partition coefficient (Wildman–Crippen LogP) is 5.06. The van der Waals surface area contributed by atoms with Gasteiger partial charge >= 0.3 is 0 Å². The van der Waals surface area contributed by atoms with Crippen LogP contribution in [0.4, 0.5) is 0 Å². The fraction of sp³-hybridized carbons (Fsp3) is 0. The summed E-state index contributed by atoms with van der Waals surface area (Å²) in [5, 5.41) is 1.92. The first-order chi connectivity index (χ1) is 9.33. The molecule has 0 bridgehead atoms. The summed E-state index contributed by atoms with van der Waals surface area (Å²) in [6, 6.07) is 18.0. The van der Waals surface area contributed by atoms with Gasteiger partial charge in [-0.15, -0.1) is 0 Å². The number of hydrogen-bond acceptors (Lipinski definition) is 1. The molecular weight excluding hydrogens is 254 g/mol. The molecule has 0 aliphatic heterocycles. The van der Waals surface area contributed by atoms with Gasteiger partial charge < -0.3 is 0 Å². The molecule has 1 aromatic heterocycles. The minimum absolute atomic E-state index is 0.756. The number of benzene rings is 2. The molecule has 0 radical (unpaired) electrons.